The molecule has 2 nitrogen and oxygen atoms in total. The van der Waals surface area contributed by atoms with Crippen molar-refractivity contribution in [3.63, 3.8) is 0 Å². The summed E-state index contributed by atoms with van der Waals surface area (Å²) < 4.78 is 0. The lowest BCUT2D eigenvalue weighted by Gasteiger charge is -2.07. The maximum absolute atomic E-state index is 4.48. The minimum absolute atomic E-state index is 1.05. The van der Waals surface area contributed by atoms with Gasteiger partial charge in [-0.2, -0.15) is 0 Å². The molecule has 0 unspecified atom stereocenters. The highest BCUT2D eigenvalue weighted by Gasteiger charge is 2.01. The second-order valence-electron chi connectivity index (χ2n) is 3.28. The van der Waals surface area contributed by atoms with Crippen LogP contribution in [0.5, 0.6) is 0 Å². The van der Waals surface area contributed by atoms with E-state index in [4.69, 9.17) is 0 Å². The number of nitrogens with one attached hydrogen (secondary N) is 1. The van der Waals surface area contributed by atoms with Crippen molar-refractivity contribution >= 4 is 17.1 Å². The second kappa shape index (κ2) is 4.08. The zero-order valence-corrected chi connectivity index (χ0v) is 8.68. The summed E-state index contributed by atoms with van der Waals surface area (Å²) in [6.07, 6.45) is 0. The van der Waals surface area contributed by atoms with E-state index in [1.807, 2.05) is 33.0 Å². The first-order valence-electron chi connectivity index (χ1n) is 4.44. The van der Waals surface area contributed by atoms with E-state index in [2.05, 4.69) is 23.3 Å². The van der Waals surface area contributed by atoms with Crippen LogP contribution in [0.3, 0.4) is 0 Å². The van der Waals surface area contributed by atoms with Crippen molar-refractivity contribution in [2.75, 3.05) is 12.4 Å². The Morgan fingerprint density at radius 2 is 2.00 bits per heavy atom. The lowest BCUT2D eigenvalue weighted by atomic mass is 10.1. The van der Waals surface area contributed by atoms with E-state index in [1.54, 1.807) is 0 Å². The summed E-state index contributed by atoms with van der Waals surface area (Å²) in [5.74, 6) is 0. The molecule has 0 fully saturated rings. The Bertz CT molecular complexity index is 323. The van der Waals surface area contributed by atoms with Crippen LogP contribution in [0.15, 0.2) is 23.2 Å². The molecule has 1 aromatic rings. The molecule has 70 valence electrons. The fourth-order valence-corrected chi connectivity index (χ4v) is 1.23. The molecule has 0 atom stereocenters. The topological polar surface area (TPSA) is 24.4 Å². The van der Waals surface area contributed by atoms with Crippen molar-refractivity contribution in [3.05, 3.63) is 23.8 Å². The van der Waals surface area contributed by atoms with E-state index in [-0.39, 0.29) is 0 Å². The van der Waals surface area contributed by atoms with Gasteiger partial charge in [-0.3, -0.25) is 4.99 Å². The number of hydrogen-bond donors (Lipinski definition) is 1. The minimum Gasteiger partial charge on any atom is -0.386 e. The summed E-state index contributed by atoms with van der Waals surface area (Å²) in [4.78, 5) is 4.48. The van der Waals surface area contributed by atoms with E-state index in [0.717, 1.165) is 17.1 Å². The van der Waals surface area contributed by atoms with Crippen LogP contribution in [-0.2, 0) is 0 Å². The third kappa shape index (κ3) is 2.31. The highest BCUT2D eigenvalue weighted by atomic mass is 14.9. The summed E-state index contributed by atoms with van der Waals surface area (Å²) in [6.45, 7) is 6.08. The van der Waals surface area contributed by atoms with Gasteiger partial charge in [0, 0.05) is 12.8 Å². The lowest BCUT2D eigenvalue weighted by molar-refractivity contribution is 1.36. The average Bonchev–Trinajstić information content (AvgIpc) is 2.08. The molecule has 0 aliphatic heterocycles. The molecular weight excluding hydrogens is 160 g/mol. The van der Waals surface area contributed by atoms with Gasteiger partial charge in [0.25, 0.3) is 0 Å². The number of aliphatic imine (C=N–C) groups is 1. The molecule has 0 aliphatic rings. The summed E-state index contributed by atoms with van der Waals surface area (Å²) >= 11 is 0. The van der Waals surface area contributed by atoms with E-state index < -0.39 is 0 Å². The predicted molar refractivity (Wildman–Crippen MR) is 59.2 cm³/mol. The highest BCUT2D eigenvalue weighted by molar-refractivity contribution is 5.85. The quantitative estimate of drug-likeness (QED) is 0.688. The van der Waals surface area contributed by atoms with Gasteiger partial charge in [0.2, 0.25) is 0 Å². The highest BCUT2D eigenvalue weighted by Crippen LogP contribution is 2.28. The van der Waals surface area contributed by atoms with Crippen LogP contribution in [0.1, 0.15) is 19.4 Å². The maximum atomic E-state index is 4.48. The zero-order chi connectivity index (χ0) is 9.84. The molecule has 0 saturated carbocycles. The summed E-state index contributed by atoms with van der Waals surface area (Å²) in [5.41, 5.74) is 4.41. The Labute approximate surface area is 79.7 Å². The fraction of sp³-hybridized carbons (Fsp3) is 0.364. The lowest BCUT2D eigenvalue weighted by Crippen LogP contribution is -1.91. The standard InChI is InChI=1S/C11H16N2/c1-8(2)13-11-9(3)6-5-7-10(11)12-4/h5-7,12H,1-4H3. The largest absolute Gasteiger partial charge is 0.386 e. The monoisotopic (exact) mass is 176 g/mol. The molecule has 0 spiro atoms. The normalized spacial score (nSPS) is 9.54. The first-order chi connectivity index (χ1) is 6.15. The first-order valence-corrected chi connectivity index (χ1v) is 4.44. The van der Waals surface area contributed by atoms with Gasteiger partial charge < -0.3 is 5.32 Å². The Morgan fingerprint density at radius 1 is 1.31 bits per heavy atom. The first kappa shape index (κ1) is 9.78. The van der Waals surface area contributed by atoms with Gasteiger partial charge in [0.15, 0.2) is 0 Å². The predicted octanol–water partition coefficient (Wildman–Crippen LogP) is 3.15. The Balaban J connectivity index is 3.23. The van der Waals surface area contributed by atoms with Crippen molar-refractivity contribution in [1.29, 1.82) is 0 Å². The Morgan fingerprint density at radius 3 is 2.54 bits per heavy atom. The third-order valence-electron chi connectivity index (χ3n) is 1.84. The van der Waals surface area contributed by atoms with Gasteiger partial charge in [-0.05, 0) is 32.4 Å². The fourth-order valence-electron chi connectivity index (χ4n) is 1.23. The number of benzene rings is 1. The SMILES string of the molecule is CNc1cccc(C)c1N=C(C)C. The number of anilines is 1. The van der Waals surface area contributed by atoms with Gasteiger partial charge in [-0.15, -0.1) is 0 Å². The van der Waals surface area contributed by atoms with Crippen LogP contribution in [0, 0.1) is 6.92 Å². The summed E-state index contributed by atoms with van der Waals surface area (Å²) in [7, 11) is 1.92. The molecule has 0 saturated heterocycles. The molecule has 0 radical (unpaired) electrons. The van der Waals surface area contributed by atoms with Crippen molar-refractivity contribution in [3.8, 4) is 0 Å². The molecule has 0 bridgehead atoms. The van der Waals surface area contributed by atoms with E-state index >= 15 is 0 Å². The van der Waals surface area contributed by atoms with Gasteiger partial charge >= 0.3 is 0 Å². The van der Waals surface area contributed by atoms with Crippen molar-refractivity contribution < 1.29 is 0 Å². The van der Waals surface area contributed by atoms with Gasteiger partial charge in [-0.1, -0.05) is 12.1 Å². The molecule has 0 heterocycles. The Kier molecular flexibility index (Phi) is 3.07. The zero-order valence-electron chi connectivity index (χ0n) is 8.68. The molecule has 0 aromatic heterocycles. The number of nitrogens with zero attached hydrogens (tertiary/aromatic N) is 1. The van der Waals surface area contributed by atoms with Crippen LogP contribution in [-0.4, -0.2) is 12.8 Å². The molecule has 1 rings (SSSR count). The maximum Gasteiger partial charge on any atom is 0.0889 e. The van der Waals surface area contributed by atoms with Gasteiger partial charge in [0.1, 0.15) is 0 Å². The molecule has 1 aromatic carbocycles. The summed E-state index contributed by atoms with van der Waals surface area (Å²) in [6, 6.07) is 6.14. The van der Waals surface area contributed by atoms with Crippen LogP contribution < -0.4 is 5.32 Å². The number of rotatable bonds is 2. The van der Waals surface area contributed by atoms with Crippen LogP contribution in [0.25, 0.3) is 0 Å². The van der Waals surface area contributed by atoms with Crippen molar-refractivity contribution in [2.45, 2.75) is 20.8 Å². The molecule has 0 amide bonds. The Hall–Kier alpha value is -1.31. The molecule has 2 heteroatoms. The van der Waals surface area contributed by atoms with E-state index in [9.17, 15) is 0 Å². The van der Waals surface area contributed by atoms with E-state index in [0.29, 0.717) is 0 Å². The smallest absolute Gasteiger partial charge is 0.0889 e. The second-order valence-corrected chi connectivity index (χ2v) is 3.28. The molecular formula is C11H16N2. The van der Waals surface area contributed by atoms with Crippen LogP contribution >= 0.6 is 0 Å². The van der Waals surface area contributed by atoms with Crippen LogP contribution in [0.2, 0.25) is 0 Å². The minimum atomic E-state index is 1.05. The molecule has 1 N–H and O–H groups in total. The summed E-state index contributed by atoms with van der Waals surface area (Å²) in [5, 5.41) is 3.13. The van der Waals surface area contributed by atoms with Crippen molar-refractivity contribution in [2.24, 2.45) is 4.99 Å². The van der Waals surface area contributed by atoms with Gasteiger partial charge in [-0.25, -0.2) is 0 Å². The average molecular weight is 176 g/mol. The molecule has 0 aliphatic carbocycles. The van der Waals surface area contributed by atoms with Crippen LogP contribution in [0.4, 0.5) is 11.4 Å². The number of para-hydroxylation sites is 1. The van der Waals surface area contributed by atoms with Gasteiger partial charge in [0.05, 0.1) is 11.4 Å². The number of hydrogen-bond acceptors (Lipinski definition) is 2. The molecule has 13 heavy (non-hydrogen) atoms. The third-order valence-corrected chi connectivity index (χ3v) is 1.84. The van der Waals surface area contributed by atoms with E-state index in [1.165, 1.54) is 5.56 Å². The number of aryl methyl sites for hydroxylation is 1. The van der Waals surface area contributed by atoms with Crippen molar-refractivity contribution in [1.82, 2.24) is 0 Å².